The van der Waals surface area contributed by atoms with Gasteiger partial charge >= 0.3 is 0 Å². The monoisotopic (exact) mass is 334 g/mol. The molecule has 2 aromatic carbocycles. The number of carbonyl (C=O) groups is 1. The molecular formula is C16H18N2O4S. The standard InChI is InChI=1S/C16H18N2O4S/c1-18(14-7-3-2-4-8-14)23(21,22)15-9-5-6-13(12-15)16(20)17-10-11-19/h2-9,12,19H,10-11H2,1H3,(H,17,20). The van der Waals surface area contributed by atoms with Gasteiger partial charge in [0.1, 0.15) is 0 Å². The van der Waals surface area contributed by atoms with Crippen LogP contribution in [-0.4, -0.2) is 39.6 Å². The zero-order valence-electron chi connectivity index (χ0n) is 12.6. The fourth-order valence-corrected chi connectivity index (χ4v) is 3.25. The van der Waals surface area contributed by atoms with Crippen molar-refractivity contribution in [2.75, 3.05) is 24.5 Å². The van der Waals surface area contributed by atoms with E-state index in [2.05, 4.69) is 5.32 Å². The van der Waals surface area contributed by atoms with Gasteiger partial charge in [-0.1, -0.05) is 24.3 Å². The minimum atomic E-state index is -3.76. The van der Waals surface area contributed by atoms with E-state index in [1.807, 2.05) is 0 Å². The first-order valence-electron chi connectivity index (χ1n) is 7.00. The Labute approximate surface area is 135 Å². The summed E-state index contributed by atoms with van der Waals surface area (Å²) in [6.45, 7) is -0.0692. The van der Waals surface area contributed by atoms with Crippen LogP contribution in [0.2, 0.25) is 0 Å². The third-order valence-electron chi connectivity index (χ3n) is 3.27. The fraction of sp³-hybridized carbons (Fsp3) is 0.188. The smallest absolute Gasteiger partial charge is 0.264 e. The maximum Gasteiger partial charge on any atom is 0.264 e. The number of aliphatic hydroxyl groups excluding tert-OH is 1. The number of nitrogens with zero attached hydrogens (tertiary/aromatic N) is 1. The summed E-state index contributed by atoms with van der Waals surface area (Å²) in [6.07, 6.45) is 0. The molecule has 7 heteroatoms. The number of para-hydroxylation sites is 1. The molecule has 0 unspecified atom stereocenters. The van der Waals surface area contributed by atoms with E-state index in [0.717, 1.165) is 4.31 Å². The Hall–Kier alpha value is -2.38. The van der Waals surface area contributed by atoms with Gasteiger partial charge in [-0.2, -0.15) is 0 Å². The van der Waals surface area contributed by atoms with Crippen LogP contribution in [0.1, 0.15) is 10.4 Å². The Kier molecular flexibility index (Phi) is 5.36. The lowest BCUT2D eigenvalue weighted by atomic mass is 10.2. The predicted molar refractivity (Wildman–Crippen MR) is 87.9 cm³/mol. The molecule has 0 aromatic heterocycles. The van der Waals surface area contributed by atoms with Gasteiger partial charge in [-0.15, -0.1) is 0 Å². The number of amides is 1. The summed E-state index contributed by atoms with van der Waals surface area (Å²) in [4.78, 5) is 11.9. The Morgan fingerprint density at radius 1 is 1.13 bits per heavy atom. The van der Waals surface area contributed by atoms with E-state index in [9.17, 15) is 13.2 Å². The quantitative estimate of drug-likeness (QED) is 0.832. The normalized spacial score (nSPS) is 11.0. The topological polar surface area (TPSA) is 86.7 Å². The summed E-state index contributed by atoms with van der Waals surface area (Å²) in [6, 6.07) is 14.5. The van der Waals surface area contributed by atoms with Crippen molar-refractivity contribution in [2.24, 2.45) is 0 Å². The largest absolute Gasteiger partial charge is 0.395 e. The average molecular weight is 334 g/mol. The minimum absolute atomic E-state index is 0.0282. The van der Waals surface area contributed by atoms with Gasteiger partial charge in [-0.25, -0.2) is 8.42 Å². The number of anilines is 1. The summed E-state index contributed by atoms with van der Waals surface area (Å²) in [5.74, 6) is -0.432. The number of aliphatic hydroxyl groups is 1. The summed E-state index contributed by atoms with van der Waals surface area (Å²) < 4.78 is 26.5. The molecule has 0 atom stereocenters. The summed E-state index contributed by atoms with van der Waals surface area (Å²) in [5.41, 5.74) is 0.753. The van der Waals surface area contributed by atoms with Gasteiger partial charge in [-0.3, -0.25) is 9.10 Å². The molecular weight excluding hydrogens is 316 g/mol. The van der Waals surface area contributed by atoms with Crippen LogP contribution in [0.5, 0.6) is 0 Å². The molecule has 1 amide bonds. The van der Waals surface area contributed by atoms with Crippen molar-refractivity contribution < 1.29 is 18.3 Å². The molecule has 0 aliphatic carbocycles. The van der Waals surface area contributed by atoms with Gasteiger partial charge < -0.3 is 10.4 Å². The van der Waals surface area contributed by atoms with Crippen molar-refractivity contribution in [2.45, 2.75) is 4.90 Å². The second-order valence-electron chi connectivity index (χ2n) is 4.82. The Morgan fingerprint density at radius 3 is 2.48 bits per heavy atom. The Bertz CT molecular complexity index is 776. The molecule has 0 aliphatic rings. The number of hydrogen-bond acceptors (Lipinski definition) is 4. The second kappa shape index (κ2) is 7.26. The number of benzene rings is 2. The third-order valence-corrected chi connectivity index (χ3v) is 5.05. The molecule has 6 nitrogen and oxygen atoms in total. The van der Waals surface area contributed by atoms with Crippen molar-refractivity contribution in [3.63, 3.8) is 0 Å². The van der Waals surface area contributed by atoms with Crippen LogP contribution in [-0.2, 0) is 10.0 Å². The molecule has 122 valence electrons. The van der Waals surface area contributed by atoms with E-state index in [1.165, 1.54) is 31.3 Å². The maximum atomic E-state index is 12.7. The van der Waals surface area contributed by atoms with Crippen LogP contribution in [0.15, 0.2) is 59.5 Å². The van der Waals surface area contributed by atoms with Gasteiger partial charge in [0, 0.05) is 19.2 Å². The predicted octanol–water partition coefficient (Wildman–Crippen LogP) is 1.23. The first-order chi connectivity index (χ1) is 11.0. The molecule has 0 bridgehead atoms. The number of sulfonamides is 1. The van der Waals surface area contributed by atoms with Crippen molar-refractivity contribution >= 4 is 21.6 Å². The van der Waals surface area contributed by atoms with E-state index in [0.29, 0.717) is 5.69 Å². The van der Waals surface area contributed by atoms with Crippen LogP contribution in [0.4, 0.5) is 5.69 Å². The SMILES string of the molecule is CN(c1ccccc1)S(=O)(=O)c1cccc(C(=O)NCCO)c1. The first-order valence-corrected chi connectivity index (χ1v) is 8.44. The summed E-state index contributed by atoms with van der Waals surface area (Å²) in [7, 11) is -2.30. The zero-order chi connectivity index (χ0) is 16.9. The maximum absolute atomic E-state index is 12.7. The minimum Gasteiger partial charge on any atom is -0.395 e. The van der Waals surface area contributed by atoms with E-state index in [4.69, 9.17) is 5.11 Å². The van der Waals surface area contributed by atoms with Gasteiger partial charge in [-0.05, 0) is 30.3 Å². The van der Waals surface area contributed by atoms with Crippen LogP contribution in [0.3, 0.4) is 0 Å². The van der Waals surface area contributed by atoms with Crippen molar-refractivity contribution in [3.8, 4) is 0 Å². The summed E-state index contributed by atoms with van der Waals surface area (Å²) in [5, 5.41) is 11.2. The van der Waals surface area contributed by atoms with Gasteiger partial charge in [0.25, 0.3) is 15.9 Å². The number of carbonyl (C=O) groups excluding carboxylic acids is 1. The number of nitrogens with one attached hydrogen (secondary N) is 1. The lowest BCUT2D eigenvalue weighted by molar-refractivity contribution is 0.0944. The molecule has 0 aliphatic heterocycles. The molecule has 2 N–H and O–H groups in total. The van der Waals surface area contributed by atoms with E-state index in [-0.39, 0.29) is 23.6 Å². The van der Waals surface area contributed by atoms with Gasteiger partial charge in [0.05, 0.1) is 17.2 Å². The third kappa shape index (κ3) is 3.88. The van der Waals surface area contributed by atoms with E-state index >= 15 is 0 Å². The van der Waals surface area contributed by atoms with Crippen LogP contribution < -0.4 is 9.62 Å². The molecule has 0 spiro atoms. The highest BCUT2D eigenvalue weighted by atomic mass is 32.2. The van der Waals surface area contributed by atoms with Crippen LogP contribution in [0, 0.1) is 0 Å². The molecule has 2 aromatic rings. The molecule has 2 rings (SSSR count). The zero-order valence-corrected chi connectivity index (χ0v) is 13.5. The van der Waals surface area contributed by atoms with Crippen LogP contribution >= 0.6 is 0 Å². The highest BCUT2D eigenvalue weighted by Gasteiger charge is 2.22. The lowest BCUT2D eigenvalue weighted by Gasteiger charge is -2.19. The number of hydrogen-bond donors (Lipinski definition) is 2. The van der Waals surface area contributed by atoms with Crippen molar-refractivity contribution in [1.82, 2.24) is 5.32 Å². The molecule has 0 heterocycles. The van der Waals surface area contributed by atoms with E-state index < -0.39 is 15.9 Å². The molecule has 23 heavy (non-hydrogen) atoms. The lowest BCUT2D eigenvalue weighted by Crippen LogP contribution is -2.28. The highest BCUT2D eigenvalue weighted by Crippen LogP contribution is 2.22. The van der Waals surface area contributed by atoms with E-state index in [1.54, 1.807) is 30.3 Å². The molecule has 0 radical (unpaired) electrons. The molecule has 0 saturated carbocycles. The highest BCUT2D eigenvalue weighted by molar-refractivity contribution is 7.92. The molecule has 0 saturated heterocycles. The Morgan fingerprint density at radius 2 is 1.83 bits per heavy atom. The Balaban J connectivity index is 2.32. The average Bonchev–Trinajstić information content (AvgIpc) is 2.59. The number of rotatable bonds is 6. The van der Waals surface area contributed by atoms with Crippen LogP contribution in [0.25, 0.3) is 0 Å². The van der Waals surface area contributed by atoms with Gasteiger partial charge in [0.2, 0.25) is 0 Å². The summed E-state index contributed by atoms with van der Waals surface area (Å²) >= 11 is 0. The van der Waals surface area contributed by atoms with Gasteiger partial charge in [0.15, 0.2) is 0 Å². The van der Waals surface area contributed by atoms with Crippen molar-refractivity contribution in [3.05, 3.63) is 60.2 Å². The second-order valence-corrected chi connectivity index (χ2v) is 6.78. The first kappa shape index (κ1) is 17.0. The molecule has 0 fully saturated rings. The van der Waals surface area contributed by atoms with Crippen molar-refractivity contribution in [1.29, 1.82) is 0 Å². The fourth-order valence-electron chi connectivity index (χ4n) is 2.00.